The molecule has 0 aliphatic rings. The van der Waals surface area contributed by atoms with E-state index in [0.717, 1.165) is 17.3 Å². The number of alkyl halides is 1. The maximum absolute atomic E-state index is 11.8. The van der Waals surface area contributed by atoms with Crippen molar-refractivity contribution in [3.63, 3.8) is 0 Å². The van der Waals surface area contributed by atoms with Gasteiger partial charge in [0.2, 0.25) is 0 Å². The molecule has 0 radical (unpaired) electrons. The van der Waals surface area contributed by atoms with Crippen LogP contribution >= 0.6 is 31.9 Å². The predicted octanol–water partition coefficient (Wildman–Crippen LogP) is 4.74. The Morgan fingerprint density at radius 1 is 1.35 bits per heavy atom. The third-order valence-corrected chi connectivity index (χ3v) is 4.33. The van der Waals surface area contributed by atoms with Gasteiger partial charge in [-0.2, -0.15) is 0 Å². The molecular formula is C14H18Br2O. The molecule has 0 aliphatic carbocycles. The fraction of sp³-hybridized carbons (Fsp3) is 0.500. The second-order valence-electron chi connectivity index (χ2n) is 4.43. The van der Waals surface area contributed by atoms with Crippen molar-refractivity contribution in [2.24, 2.45) is 0 Å². The van der Waals surface area contributed by atoms with Gasteiger partial charge in [-0.1, -0.05) is 44.8 Å². The minimum absolute atomic E-state index is 0.0693. The molecule has 0 heterocycles. The number of carbonyl (C=O) groups excluding carboxylic acids is 1. The second kappa shape index (κ2) is 6.69. The minimum atomic E-state index is -0.0693. The molecular weight excluding hydrogens is 344 g/mol. The molecule has 0 saturated carbocycles. The van der Waals surface area contributed by atoms with Gasteiger partial charge in [0.15, 0.2) is 0 Å². The molecule has 0 amide bonds. The number of rotatable bonds is 5. The summed E-state index contributed by atoms with van der Waals surface area (Å²) in [7, 11) is 0. The van der Waals surface area contributed by atoms with Gasteiger partial charge < -0.3 is 0 Å². The van der Waals surface area contributed by atoms with E-state index in [0.29, 0.717) is 12.2 Å². The Hall–Kier alpha value is -0.150. The van der Waals surface area contributed by atoms with E-state index in [2.05, 4.69) is 57.8 Å². The fourth-order valence-electron chi connectivity index (χ4n) is 1.90. The Kier molecular flexibility index (Phi) is 5.87. The summed E-state index contributed by atoms with van der Waals surface area (Å²) in [6, 6.07) is 4.26. The van der Waals surface area contributed by atoms with E-state index in [-0.39, 0.29) is 4.83 Å². The van der Waals surface area contributed by atoms with Crippen LogP contribution in [0.5, 0.6) is 0 Å². The Balaban J connectivity index is 2.85. The van der Waals surface area contributed by atoms with Crippen molar-refractivity contribution in [1.82, 2.24) is 0 Å². The summed E-state index contributed by atoms with van der Waals surface area (Å²) in [5.41, 5.74) is 3.71. The number of hydrogen-bond donors (Lipinski definition) is 0. The van der Waals surface area contributed by atoms with Crippen molar-refractivity contribution in [3.8, 4) is 0 Å². The van der Waals surface area contributed by atoms with E-state index in [1.54, 1.807) is 0 Å². The van der Waals surface area contributed by atoms with Gasteiger partial charge in [-0.3, -0.25) is 4.79 Å². The molecule has 0 bridgehead atoms. The maximum atomic E-state index is 11.8. The number of benzene rings is 1. The summed E-state index contributed by atoms with van der Waals surface area (Å²) < 4.78 is 1.10. The van der Waals surface area contributed by atoms with Crippen molar-refractivity contribution in [3.05, 3.63) is 33.3 Å². The average molecular weight is 362 g/mol. The molecule has 0 aromatic heterocycles. The quantitative estimate of drug-likeness (QED) is 0.692. The highest BCUT2D eigenvalue weighted by Crippen LogP contribution is 2.26. The van der Waals surface area contributed by atoms with Crippen LogP contribution in [-0.4, -0.2) is 10.6 Å². The SMILES string of the molecule is CCCC(=O)C(Br)Cc1c(C)cc(C)cc1Br. The van der Waals surface area contributed by atoms with Gasteiger partial charge in [-0.05, 0) is 49.4 Å². The Morgan fingerprint density at radius 3 is 2.53 bits per heavy atom. The summed E-state index contributed by atoms with van der Waals surface area (Å²) in [5.74, 6) is 0.291. The standard InChI is InChI=1S/C14H18Br2O/c1-4-5-14(17)13(16)8-11-10(3)6-9(2)7-12(11)15/h6-7,13H,4-5,8H2,1-3H3. The number of Topliss-reactive ketones (excluding diaryl/α,β-unsaturated/α-hetero) is 1. The van der Waals surface area contributed by atoms with Crippen molar-refractivity contribution in [1.29, 1.82) is 0 Å². The molecule has 0 spiro atoms. The molecule has 17 heavy (non-hydrogen) atoms. The normalized spacial score (nSPS) is 12.5. The van der Waals surface area contributed by atoms with Gasteiger partial charge in [0.25, 0.3) is 0 Å². The molecule has 3 heteroatoms. The third kappa shape index (κ3) is 4.22. The fourth-order valence-corrected chi connectivity index (χ4v) is 3.29. The number of aryl methyl sites for hydroxylation is 2. The van der Waals surface area contributed by atoms with Crippen molar-refractivity contribution in [2.45, 2.75) is 44.9 Å². The van der Waals surface area contributed by atoms with E-state index in [4.69, 9.17) is 0 Å². The van der Waals surface area contributed by atoms with Crippen LogP contribution in [0.15, 0.2) is 16.6 Å². The lowest BCUT2D eigenvalue weighted by atomic mass is 9.99. The van der Waals surface area contributed by atoms with Gasteiger partial charge in [0.1, 0.15) is 5.78 Å². The van der Waals surface area contributed by atoms with E-state index in [1.165, 1.54) is 16.7 Å². The molecule has 1 atom stereocenters. The monoisotopic (exact) mass is 360 g/mol. The van der Waals surface area contributed by atoms with Crippen molar-refractivity contribution < 1.29 is 4.79 Å². The molecule has 0 fully saturated rings. The first-order valence-corrected chi connectivity index (χ1v) is 7.59. The molecule has 0 aliphatic heterocycles. The van der Waals surface area contributed by atoms with Crippen LogP contribution in [0, 0.1) is 13.8 Å². The Morgan fingerprint density at radius 2 is 2.00 bits per heavy atom. The first-order chi connectivity index (χ1) is 7.95. The summed E-state index contributed by atoms with van der Waals surface area (Å²) in [6.45, 7) is 6.21. The zero-order valence-electron chi connectivity index (χ0n) is 10.5. The first kappa shape index (κ1) is 14.9. The molecule has 1 aromatic rings. The Bertz CT molecular complexity index is 390. The van der Waals surface area contributed by atoms with Crippen LogP contribution in [0.3, 0.4) is 0 Å². The summed E-state index contributed by atoms with van der Waals surface area (Å²) >= 11 is 7.08. The van der Waals surface area contributed by atoms with Crippen LogP contribution < -0.4 is 0 Å². The van der Waals surface area contributed by atoms with Gasteiger partial charge in [0, 0.05) is 10.9 Å². The second-order valence-corrected chi connectivity index (χ2v) is 6.39. The van der Waals surface area contributed by atoms with E-state index < -0.39 is 0 Å². The highest BCUT2D eigenvalue weighted by atomic mass is 79.9. The van der Waals surface area contributed by atoms with Crippen molar-refractivity contribution in [2.75, 3.05) is 0 Å². The summed E-state index contributed by atoms with van der Waals surface area (Å²) in [5, 5.41) is 0. The van der Waals surface area contributed by atoms with Crippen LogP contribution in [0.1, 0.15) is 36.5 Å². The van der Waals surface area contributed by atoms with Crippen molar-refractivity contribution >= 4 is 37.6 Å². The lowest BCUT2D eigenvalue weighted by Gasteiger charge is -2.13. The highest BCUT2D eigenvalue weighted by molar-refractivity contribution is 9.10. The molecule has 0 N–H and O–H groups in total. The molecule has 1 unspecified atom stereocenters. The average Bonchev–Trinajstić information content (AvgIpc) is 2.23. The van der Waals surface area contributed by atoms with Crippen LogP contribution in [0.4, 0.5) is 0 Å². The zero-order chi connectivity index (χ0) is 13.0. The molecule has 94 valence electrons. The summed E-state index contributed by atoms with van der Waals surface area (Å²) in [6.07, 6.45) is 2.32. The third-order valence-electron chi connectivity index (χ3n) is 2.79. The van der Waals surface area contributed by atoms with E-state index >= 15 is 0 Å². The number of hydrogen-bond acceptors (Lipinski definition) is 1. The molecule has 0 saturated heterocycles. The minimum Gasteiger partial charge on any atom is -0.298 e. The van der Waals surface area contributed by atoms with Crippen LogP contribution in [0.2, 0.25) is 0 Å². The summed E-state index contributed by atoms with van der Waals surface area (Å²) in [4.78, 5) is 11.7. The topological polar surface area (TPSA) is 17.1 Å². The van der Waals surface area contributed by atoms with Gasteiger partial charge in [-0.15, -0.1) is 0 Å². The number of halogens is 2. The predicted molar refractivity (Wildman–Crippen MR) is 80.0 cm³/mol. The molecule has 1 rings (SSSR count). The first-order valence-electron chi connectivity index (χ1n) is 5.88. The lowest BCUT2D eigenvalue weighted by Crippen LogP contribution is -2.17. The number of ketones is 1. The van der Waals surface area contributed by atoms with E-state index in [9.17, 15) is 4.79 Å². The zero-order valence-corrected chi connectivity index (χ0v) is 13.7. The van der Waals surface area contributed by atoms with Gasteiger partial charge in [0.05, 0.1) is 4.83 Å². The Labute approximate surface area is 120 Å². The van der Waals surface area contributed by atoms with Crippen LogP contribution in [-0.2, 0) is 11.2 Å². The molecule has 1 aromatic carbocycles. The van der Waals surface area contributed by atoms with E-state index in [1.807, 2.05) is 6.92 Å². The van der Waals surface area contributed by atoms with Gasteiger partial charge >= 0.3 is 0 Å². The smallest absolute Gasteiger partial charge is 0.146 e. The largest absolute Gasteiger partial charge is 0.298 e. The lowest BCUT2D eigenvalue weighted by molar-refractivity contribution is -0.118. The molecule has 1 nitrogen and oxygen atoms in total. The highest BCUT2D eigenvalue weighted by Gasteiger charge is 2.17. The van der Waals surface area contributed by atoms with Crippen LogP contribution in [0.25, 0.3) is 0 Å². The van der Waals surface area contributed by atoms with Gasteiger partial charge in [-0.25, -0.2) is 0 Å². The number of carbonyl (C=O) groups is 1. The maximum Gasteiger partial charge on any atom is 0.146 e.